The molecule has 1 saturated heterocycles. The van der Waals surface area contributed by atoms with Crippen LogP contribution in [0.5, 0.6) is 11.5 Å². The Kier molecular flexibility index (Phi) is 15.6. The van der Waals surface area contributed by atoms with Crippen molar-refractivity contribution in [2.24, 2.45) is 17.2 Å². The molecular formula is C47H54ClN9O9. The molecule has 1 fully saturated rings. The Morgan fingerprint density at radius 1 is 0.864 bits per heavy atom. The Morgan fingerprint density at radius 2 is 1.50 bits per heavy atom. The summed E-state index contributed by atoms with van der Waals surface area (Å²) in [5.41, 5.74) is 20.2. The minimum absolute atomic E-state index is 0.0561. The maximum atomic E-state index is 14.6. The lowest BCUT2D eigenvalue weighted by atomic mass is 9.93. The Balaban J connectivity index is 1.30. The summed E-state index contributed by atoms with van der Waals surface area (Å²) in [6.07, 6.45) is 0.0378. The summed E-state index contributed by atoms with van der Waals surface area (Å²) in [4.78, 5) is 98.1. The van der Waals surface area contributed by atoms with E-state index in [2.05, 4.69) is 21.3 Å². The highest BCUT2D eigenvalue weighted by Crippen LogP contribution is 2.39. The van der Waals surface area contributed by atoms with Crippen molar-refractivity contribution in [3.8, 4) is 33.8 Å². The van der Waals surface area contributed by atoms with Crippen LogP contribution in [0.25, 0.3) is 22.3 Å². The topological polar surface area (TPSA) is 293 Å². The Labute approximate surface area is 386 Å². The van der Waals surface area contributed by atoms with Crippen molar-refractivity contribution < 1.29 is 43.8 Å². The van der Waals surface area contributed by atoms with Crippen LogP contribution >= 0.6 is 11.6 Å². The molecule has 4 bridgehead atoms. The summed E-state index contributed by atoms with van der Waals surface area (Å²) in [5, 5.41) is 33.3. The second-order valence-corrected chi connectivity index (χ2v) is 16.9. The third-order valence-corrected chi connectivity index (χ3v) is 12.0. The molecule has 0 radical (unpaired) electrons. The average molecular weight is 924 g/mol. The summed E-state index contributed by atoms with van der Waals surface area (Å²) in [5.74, 6) is -5.82. The number of rotatable bonds is 13. The van der Waals surface area contributed by atoms with E-state index >= 15 is 0 Å². The number of primary amides is 1. The maximum Gasteiger partial charge on any atom is 0.258 e. The fourth-order valence-electron chi connectivity index (χ4n) is 8.19. The van der Waals surface area contributed by atoms with Gasteiger partial charge in [-0.1, -0.05) is 48.0 Å². The summed E-state index contributed by atoms with van der Waals surface area (Å²) in [6, 6.07) is 16.2. The number of aromatic hydroxyl groups is 2. The summed E-state index contributed by atoms with van der Waals surface area (Å²) in [7, 11) is 1.34. The number of amides is 7. The molecule has 4 aromatic rings. The quantitative estimate of drug-likeness (QED) is 0.0874. The van der Waals surface area contributed by atoms with Crippen LogP contribution in [0.2, 0.25) is 5.02 Å². The van der Waals surface area contributed by atoms with Crippen molar-refractivity contribution in [2.75, 3.05) is 20.1 Å². The molecule has 66 heavy (non-hydrogen) atoms. The number of halogens is 1. The van der Waals surface area contributed by atoms with E-state index in [1.807, 2.05) is 12.1 Å². The average Bonchev–Trinajstić information content (AvgIpc) is 3.80. The van der Waals surface area contributed by atoms with Crippen LogP contribution in [0.15, 0.2) is 84.9 Å². The summed E-state index contributed by atoms with van der Waals surface area (Å²) in [6.45, 7) is 2.01. The van der Waals surface area contributed by atoms with E-state index in [0.29, 0.717) is 42.8 Å². The molecular weight excluding hydrogens is 870 g/mol. The minimum atomic E-state index is -1.79. The van der Waals surface area contributed by atoms with E-state index in [4.69, 9.17) is 28.8 Å². The van der Waals surface area contributed by atoms with Gasteiger partial charge in [0.25, 0.3) is 11.8 Å². The van der Waals surface area contributed by atoms with Crippen LogP contribution < -0.4 is 38.5 Å². The van der Waals surface area contributed by atoms with Gasteiger partial charge in [-0.3, -0.25) is 33.6 Å². The van der Waals surface area contributed by atoms with Crippen molar-refractivity contribution in [2.45, 2.75) is 81.8 Å². The number of unbranched alkanes of at least 4 members (excludes halogenated alkanes) is 1. The van der Waals surface area contributed by atoms with Crippen molar-refractivity contribution in [1.29, 1.82) is 0 Å². The Bertz CT molecular complexity index is 2490. The molecule has 7 amide bonds. The first-order chi connectivity index (χ1) is 31.5. The van der Waals surface area contributed by atoms with Crippen LogP contribution in [0.3, 0.4) is 0 Å². The first-order valence-electron chi connectivity index (χ1n) is 21.5. The smallest absolute Gasteiger partial charge is 0.258 e. The molecule has 0 spiro atoms. The summed E-state index contributed by atoms with van der Waals surface area (Å²) >= 11 is 6.05. The lowest BCUT2D eigenvalue weighted by Crippen LogP contribution is -2.60. The summed E-state index contributed by atoms with van der Waals surface area (Å²) < 4.78 is 0. The van der Waals surface area contributed by atoms with Crippen molar-refractivity contribution in [1.82, 2.24) is 31.1 Å². The SMILES string of the molecule is C[C@H](NC(=O)[C@@H]1Cc2ccc(O)c(c2)-c2cc(ccc2O)[C@H](N(C)C(=O)[C@H](CCCCN)NC(=O)c2ccc(-c3ccc(Cl)cc3)cc2)C(=O)N[C@@H](N)C(=O)N1)C(=O)N1CCC[C@H]1C(N)=O. The number of hydrogen-bond acceptors (Lipinski definition) is 11. The number of phenolic OH excluding ortho intramolecular Hbond substituents is 2. The van der Waals surface area contributed by atoms with Crippen molar-refractivity contribution in [3.63, 3.8) is 0 Å². The van der Waals surface area contributed by atoms with Gasteiger partial charge in [0.2, 0.25) is 29.5 Å². The lowest BCUT2D eigenvalue weighted by molar-refractivity contribution is -0.142. The molecule has 19 heteroatoms. The van der Waals surface area contributed by atoms with Gasteiger partial charge in [-0.2, -0.15) is 0 Å². The Morgan fingerprint density at radius 3 is 2.15 bits per heavy atom. The van der Waals surface area contributed by atoms with Crippen molar-refractivity contribution >= 4 is 53.0 Å². The highest BCUT2D eigenvalue weighted by atomic mass is 35.5. The molecule has 6 atom stereocenters. The van der Waals surface area contributed by atoms with Gasteiger partial charge < -0.3 is 58.5 Å². The molecule has 12 N–H and O–H groups in total. The largest absolute Gasteiger partial charge is 0.507 e. The van der Waals surface area contributed by atoms with E-state index in [1.54, 1.807) is 36.4 Å². The molecule has 0 saturated carbocycles. The highest BCUT2D eigenvalue weighted by molar-refractivity contribution is 6.30. The number of nitrogens with zero attached hydrogens (tertiary/aromatic N) is 2. The molecule has 0 unspecified atom stereocenters. The van der Waals surface area contributed by atoms with Crippen LogP contribution in [-0.4, -0.2) is 112 Å². The van der Waals surface area contributed by atoms with Gasteiger partial charge >= 0.3 is 0 Å². The third kappa shape index (κ3) is 11.3. The zero-order chi connectivity index (χ0) is 47.8. The van der Waals surface area contributed by atoms with Crippen LogP contribution in [0.1, 0.15) is 66.6 Å². The van der Waals surface area contributed by atoms with Crippen molar-refractivity contribution in [3.05, 3.63) is 107 Å². The molecule has 18 nitrogen and oxygen atoms in total. The van der Waals surface area contributed by atoms with E-state index in [1.165, 1.54) is 55.3 Å². The van der Waals surface area contributed by atoms with Gasteiger partial charge in [-0.05, 0) is 116 Å². The predicted molar refractivity (Wildman–Crippen MR) is 245 cm³/mol. The standard InChI is InChI=1S/C47H54ClN9O9/c1-25(46(65)57-21-5-7-36(57)41(51)60)52-43(62)35-23-26-8-18-37(58)32(22-26)33-24-30(15-19-38(33)59)39(44(63)55-40(50)45(64)54-35)56(2)47(66)34(6-3-4-20-49)53-42(61)29-11-9-27(10-12-29)28-13-16-31(48)17-14-28/h8-19,22,24-25,34-36,39-40,58-59H,3-7,20-21,23,49-50H2,1-2H3,(H2,51,60)(H,52,62)(H,53,61)(H,54,64)(H,55,63)/t25-,34-,35-,36-,39-,40+/m0/s1. The maximum absolute atomic E-state index is 14.6. The van der Waals surface area contributed by atoms with E-state index in [-0.39, 0.29) is 53.1 Å². The Hall–Kier alpha value is -7.02. The first-order valence-corrected chi connectivity index (χ1v) is 21.9. The van der Waals surface area contributed by atoms with E-state index in [9.17, 15) is 43.8 Å². The molecule has 0 aromatic heterocycles. The van der Waals surface area contributed by atoms with E-state index in [0.717, 1.165) is 16.0 Å². The minimum Gasteiger partial charge on any atom is -0.507 e. The van der Waals surface area contributed by atoms with E-state index < -0.39 is 77.7 Å². The van der Waals surface area contributed by atoms with Gasteiger partial charge in [0.15, 0.2) is 6.17 Å². The second-order valence-electron chi connectivity index (χ2n) is 16.4. The second kappa shape index (κ2) is 21.3. The fraction of sp³-hybridized carbons (Fsp3) is 0.340. The van der Waals surface area contributed by atoms with Crippen LogP contribution in [-0.2, 0) is 35.2 Å². The van der Waals surface area contributed by atoms with Gasteiger partial charge in [0, 0.05) is 41.7 Å². The zero-order valence-electron chi connectivity index (χ0n) is 36.5. The highest BCUT2D eigenvalue weighted by Gasteiger charge is 2.38. The fourth-order valence-corrected chi connectivity index (χ4v) is 8.32. The zero-order valence-corrected chi connectivity index (χ0v) is 37.2. The molecule has 348 valence electrons. The number of phenols is 2. The number of nitrogens with one attached hydrogen (secondary N) is 4. The number of likely N-dealkylation sites (tertiary alicyclic amines) is 1. The number of likely N-dealkylation sites (N-methyl/N-ethyl adjacent to an activating group) is 1. The van der Waals surface area contributed by atoms with Gasteiger partial charge in [0.05, 0.1) is 0 Å². The normalized spacial score (nSPS) is 19.3. The molecule has 2 heterocycles. The monoisotopic (exact) mass is 923 g/mol. The van der Waals surface area contributed by atoms with Crippen LogP contribution in [0.4, 0.5) is 0 Å². The molecule has 2 aliphatic heterocycles. The predicted octanol–water partition coefficient (Wildman–Crippen LogP) is 1.94. The molecule has 6 rings (SSSR count). The van der Waals surface area contributed by atoms with Crippen LogP contribution in [0, 0.1) is 0 Å². The van der Waals surface area contributed by atoms with Gasteiger partial charge in [-0.15, -0.1) is 0 Å². The number of carbonyl (C=O) groups excluding carboxylic acids is 7. The number of hydrogen-bond donors (Lipinski definition) is 9. The number of fused-ring (bicyclic) bond motifs is 5. The number of carbonyl (C=O) groups is 7. The molecule has 2 aliphatic rings. The number of benzene rings is 4. The lowest BCUT2D eigenvalue weighted by Gasteiger charge is -2.32. The third-order valence-electron chi connectivity index (χ3n) is 11.8. The molecule has 0 aliphatic carbocycles. The first kappa shape index (κ1) is 48.4. The van der Waals surface area contributed by atoms with Gasteiger partial charge in [-0.25, -0.2) is 0 Å². The van der Waals surface area contributed by atoms with Gasteiger partial charge in [0.1, 0.15) is 41.7 Å². The number of nitrogens with two attached hydrogens (primary N) is 3. The molecule has 4 aromatic carbocycles.